The van der Waals surface area contributed by atoms with Crippen LogP contribution in [0.25, 0.3) is 0 Å². The van der Waals surface area contributed by atoms with Gasteiger partial charge in [0, 0.05) is 25.3 Å². The number of rotatable bonds is 4. The number of carbonyl (C=O) groups is 1. The van der Waals surface area contributed by atoms with E-state index < -0.39 is 0 Å². The maximum absolute atomic E-state index is 12.7. The summed E-state index contributed by atoms with van der Waals surface area (Å²) in [5, 5.41) is 10.9. The second kappa shape index (κ2) is 4.82. The third-order valence-electron chi connectivity index (χ3n) is 5.71. The van der Waals surface area contributed by atoms with Crippen LogP contribution in [0.5, 0.6) is 0 Å². The zero-order valence-corrected chi connectivity index (χ0v) is 12.6. The van der Waals surface area contributed by atoms with Gasteiger partial charge in [-0.2, -0.15) is 0 Å². The van der Waals surface area contributed by atoms with Crippen LogP contribution in [0.1, 0.15) is 50.3 Å². The van der Waals surface area contributed by atoms with Crippen LogP contribution in [0.15, 0.2) is 4.42 Å². The SMILES string of the molecule is Cc1nnc(CCNC(=O)C23CC4CC(CC(C4)C2)C3)o1. The van der Waals surface area contributed by atoms with Crippen LogP contribution in [0.4, 0.5) is 0 Å². The molecule has 1 aromatic heterocycles. The number of nitrogens with zero attached hydrogens (tertiary/aromatic N) is 2. The van der Waals surface area contributed by atoms with Crippen molar-refractivity contribution in [2.24, 2.45) is 23.2 Å². The molecule has 0 radical (unpaired) electrons. The van der Waals surface area contributed by atoms with E-state index in [0.717, 1.165) is 37.0 Å². The molecule has 0 atom stereocenters. The molecule has 0 saturated heterocycles. The highest BCUT2D eigenvalue weighted by molar-refractivity contribution is 5.83. The van der Waals surface area contributed by atoms with Crippen molar-refractivity contribution in [1.29, 1.82) is 0 Å². The van der Waals surface area contributed by atoms with Gasteiger partial charge in [-0.15, -0.1) is 10.2 Å². The van der Waals surface area contributed by atoms with Crippen molar-refractivity contribution in [2.45, 2.75) is 51.9 Å². The molecule has 114 valence electrons. The molecule has 0 aliphatic heterocycles. The highest BCUT2D eigenvalue weighted by Gasteiger charge is 2.54. The summed E-state index contributed by atoms with van der Waals surface area (Å²) in [7, 11) is 0. The lowest BCUT2D eigenvalue weighted by atomic mass is 9.49. The Morgan fingerprint density at radius 2 is 1.81 bits per heavy atom. The summed E-state index contributed by atoms with van der Waals surface area (Å²) in [4.78, 5) is 12.7. The molecule has 4 bridgehead atoms. The molecule has 5 heteroatoms. The van der Waals surface area contributed by atoms with E-state index in [-0.39, 0.29) is 11.3 Å². The zero-order valence-electron chi connectivity index (χ0n) is 12.6. The van der Waals surface area contributed by atoms with Gasteiger partial charge in [-0.05, 0) is 56.3 Å². The first-order chi connectivity index (χ1) is 10.1. The number of aromatic nitrogens is 2. The molecular formula is C16H23N3O2. The van der Waals surface area contributed by atoms with E-state index in [0.29, 0.717) is 24.7 Å². The average Bonchev–Trinajstić information content (AvgIpc) is 2.83. The quantitative estimate of drug-likeness (QED) is 0.923. The molecule has 4 aliphatic rings. The summed E-state index contributed by atoms with van der Waals surface area (Å²) in [6.07, 6.45) is 8.08. The molecule has 0 unspecified atom stereocenters. The molecular weight excluding hydrogens is 266 g/mol. The van der Waals surface area contributed by atoms with Gasteiger partial charge in [0.2, 0.25) is 17.7 Å². The molecule has 5 nitrogen and oxygen atoms in total. The largest absolute Gasteiger partial charge is 0.426 e. The highest BCUT2D eigenvalue weighted by atomic mass is 16.4. The van der Waals surface area contributed by atoms with Crippen LogP contribution in [0, 0.1) is 30.1 Å². The molecule has 1 N–H and O–H groups in total. The second-order valence-corrected chi connectivity index (χ2v) is 7.42. The Hall–Kier alpha value is -1.39. The third kappa shape index (κ3) is 2.36. The minimum absolute atomic E-state index is 0.0560. The van der Waals surface area contributed by atoms with E-state index in [1.165, 1.54) is 19.3 Å². The van der Waals surface area contributed by atoms with E-state index in [1.54, 1.807) is 6.92 Å². The summed E-state index contributed by atoms with van der Waals surface area (Å²) in [6.45, 7) is 2.38. The van der Waals surface area contributed by atoms with Crippen molar-refractivity contribution in [3.05, 3.63) is 11.8 Å². The van der Waals surface area contributed by atoms with Gasteiger partial charge in [0.25, 0.3) is 0 Å². The van der Waals surface area contributed by atoms with Crippen molar-refractivity contribution < 1.29 is 9.21 Å². The minimum Gasteiger partial charge on any atom is -0.426 e. The lowest BCUT2D eigenvalue weighted by molar-refractivity contribution is -0.146. The predicted octanol–water partition coefficient (Wildman–Crippen LogP) is 2.25. The third-order valence-corrected chi connectivity index (χ3v) is 5.71. The van der Waals surface area contributed by atoms with Crippen LogP contribution in [0.2, 0.25) is 0 Å². The van der Waals surface area contributed by atoms with Gasteiger partial charge in [0.05, 0.1) is 0 Å². The topological polar surface area (TPSA) is 68.0 Å². The number of hydrogen-bond acceptors (Lipinski definition) is 4. The fourth-order valence-electron chi connectivity index (χ4n) is 5.30. The van der Waals surface area contributed by atoms with Crippen LogP contribution < -0.4 is 5.32 Å². The second-order valence-electron chi connectivity index (χ2n) is 7.42. The van der Waals surface area contributed by atoms with Crippen LogP contribution >= 0.6 is 0 Å². The predicted molar refractivity (Wildman–Crippen MR) is 76.4 cm³/mol. The fourth-order valence-corrected chi connectivity index (χ4v) is 5.30. The number of carbonyl (C=O) groups excluding carboxylic acids is 1. The van der Waals surface area contributed by atoms with Crippen molar-refractivity contribution in [3.63, 3.8) is 0 Å². The van der Waals surface area contributed by atoms with Gasteiger partial charge in [0.15, 0.2) is 0 Å². The van der Waals surface area contributed by atoms with Crippen molar-refractivity contribution in [2.75, 3.05) is 6.54 Å². The summed E-state index contributed by atoms with van der Waals surface area (Å²) in [5.74, 6) is 3.88. The monoisotopic (exact) mass is 289 g/mol. The molecule has 4 fully saturated rings. The zero-order chi connectivity index (χ0) is 14.4. The van der Waals surface area contributed by atoms with Crippen LogP contribution in [-0.2, 0) is 11.2 Å². The van der Waals surface area contributed by atoms with Crippen LogP contribution in [0.3, 0.4) is 0 Å². The van der Waals surface area contributed by atoms with E-state index in [4.69, 9.17) is 4.42 Å². The Labute approximate surface area is 124 Å². The van der Waals surface area contributed by atoms with Crippen molar-refractivity contribution >= 4 is 5.91 Å². The molecule has 1 amide bonds. The first-order valence-corrected chi connectivity index (χ1v) is 8.20. The first-order valence-electron chi connectivity index (χ1n) is 8.20. The molecule has 0 spiro atoms. The summed E-state index contributed by atoms with van der Waals surface area (Å²) >= 11 is 0. The Morgan fingerprint density at radius 1 is 1.19 bits per heavy atom. The molecule has 1 heterocycles. The lowest BCUT2D eigenvalue weighted by Crippen LogP contribution is -2.53. The standard InChI is InChI=1S/C16H23N3O2/c1-10-18-19-14(21-10)2-3-17-15(20)16-7-11-4-12(8-16)6-13(5-11)9-16/h11-13H,2-9H2,1H3,(H,17,20). The first kappa shape index (κ1) is 13.3. The molecule has 4 saturated carbocycles. The Kier molecular flexibility index (Phi) is 3.05. The van der Waals surface area contributed by atoms with E-state index >= 15 is 0 Å². The Morgan fingerprint density at radius 3 is 2.33 bits per heavy atom. The lowest BCUT2D eigenvalue weighted by Gasteiger charge is -2.55. The van der Waals surface area contributed by atoms with E-state index in [2.05, 4.69) is 15.5 Å². The molecule has 0 aromatic carbocycles. The average molecular weight is 289 g/mol. The number of hydrogen-bond donors (Lipinski definition) is 1. The maximum atomic E-state index is 12.7. The number of nitrogens with one attached hydrogen (secondary N) is 1. The molecule has 21 heavy (non-hydrogen) atoms. The van der Waals surface area contributed by atoms with Crippen molar-refractivity contribution in [1.82, 2.24) is 15.5 Å². The van der Waals surface area contributed by atoms with Crippen molar-refractivity contribution in [3.8, 4) is 0 Å². The van der Waals surface area contributed by atoms with Gasteiger partial charge >= 0.3 is 0 Å². The van der Waals surface area contributed by atoms with Crippen LogP contribution in [-0.4, -0.2) is 22.6 Å². The smallest absolute Gasteiger partial charge is 0.226 e. The van der Waals surface area contributed by atoms with Gasteiger partial charge in [-0.1, -0.05) is 0 Å². The van der Waals surface area contributed by atoms with E-state index in [9.17, 15) is 4.79 Å². The molecule has 1 aromatic rings. The molecule has 5 rings (SSSR count). The number of amides is 1. The summed E-state index contributed by atoms with van der Waals surface area (Å²) in [5.41, 5.74) is -0.0560. The normalized spacial score (nSPS) is 36.9. The highest BCUT2D eigenvalue weighted by Crippen LogP contribution is 2.60. The minimum atomic E-state index is -0.0560. The maximum Gasteiger partial charge on any atom is 0.226 e. The van der Waals surface area contributed by atoms with Gasteiger partial charge in [-0.25, -0.2) is 0 Å². The fraction of sp³-hybridized carbons (Fsp3) is 0.812. The van der Waals surface area contributed by atoms with E-state index in [1.807, 2.05) is 0 Å². The van der Waals surface area contributed by atoms with Gasteiger partial charge in [0.1, 0.15) is 0 Å². The van der Waals surface area contributed by atoms with Gasteiger partial charge in [-0.3, -0.25) is 4.79 Å². The number of aryl methyl sites for hydroxylation is 1. The summed E-state index contributed by atoms with van der Waals surface area (Å²) in [6, 6.07) is 0. The molecule has 4 aliphatic carbocycles. The van der Waals surface area contributed by atoms with Gasteiger partial charge < -0.3 is 9.73 Å². The Bertz CT molecular complexity index is 516. The Balaban J connectivity index is 1.36. The summed E-state index contributed by atoms with van der Waals surface area (Å²) < 4.78 is 5.34.